The highest BCUT2D eigenvalue weighted by atomic mass is 79.9. The highest BCUT2D eigenvalue weighted by Crippen LogP contribution is 2.38. The van der Waals surface area contributed by atoms with Crippen LogP contribution in [0.3, 0.4) is 0 Å². The topological polar surface area (TPSA) is 31.4 Å². The second-order valence-electron chi connectivity index (χ2n) is 4.58. The van der Waals surface area contributed by atoms with Gasteiger partial charge in [0.25, 0.3) is 0 Å². The fourth-order valence-electron chi connectivity index (χ4n) is 2.22. The third kappa shape index (κ3) is 2.87. The monoisotopic (exact) mass is 375 g/mol. The van der Waals surface area contributed by atoms with Crippen molar-refractivity contribution in [1.82, 2.24) is 4.98 Å². The van der Waals surface area contributed by atoms with Gasteiger partial charge in [-0.25, -0.2) is 4.98 Å². The van der Waals surface area contributed by atoms with Gasteiger partial charge in [0.1, 0.15) is 16.5 Å². The van der Waals surface area contributed by atoms with Crippen molar-refractivity contribution >= 4 is 27.3 Å². The van der Waals surface area contributed by atoms with E-state index in [4.69, 9.17) is 14.5 Å². The molecule has 0 amide bonds. The lowest BCUT2D eigenvalue weighted by Gasteiger charge is -2.07. The molecule has 0 aliphatic rings. The van der Waals surface area contributed by atoms with Crippen LogP contribution < -0.4 is 9.47 Å². The Morgan fingerprint density at radius 1 is 0.955 bits per heavy atom. The zero-order valence-corrected chi connectivity index (χ0v) is 14.6. The van der Waals surface area contributed by atoms with Gasteiger partial charge in [0, 0.05) is 15.4 Å². The van der Waals surface area contributed by atoms with Gasteiger partial charge in [-0.05, 0) is 30.3 Å². The lowest BCUT2D eigenvalue weighted by atomic mass is 10.1. The fraction of sp³-hybridized carbons (Fsp3) is 0.118. The van der Waals surface area contributed by atoms with Gasteiger partial charge in [-0.1, -0.05) is 28.1 Å². The van der Waals surface area contributed by atoms with Crippen molar-refractivity contribution in [3.63, 3.8) is 0 Å². The molecular weight excluding hydrogens is 362 g/mol. The molecule has 22 heavy (non-hydrogen) atoms. The summed E-state index contributed by atoms with van der Waals surface area (Å²) in [6, 6.07) is 13.8. The van der Waals surface area contributed by atoms with Gasteiger partial charge in [0.05, 0.1) is 25.5 Å². The van der Waals surface area contributed by atoms with Crippen molar-refractivity contribution in [3.05, 3.63) is 52.3 Å². The summed E-state index contributed by atoms with van der Waals surface area (Å²) in [5, 5.41) is 2.95. The van der Waals surface area contributed by atoms with Gasteiger partial charge >= 0.3 is 0 Å². The average molecular weight is 376 g/mol. The van der Waals surface area contributed by atoms with Gasteiger partial charge in [-0.2, -0.15) is 0 Å². The van der Waals surface area contributed by atoms with Crippen LogP contribution in [0.1, 0.15) is 0 Å². The minimum atomic E-state index is 0.809. The summed E-state index contributed by atoms with van der Waals surface area (Å²) < 4.78 is 11.8. The second kappa shape index (κ2) is 6.50. The van der Waals surface area contributed by atoms with Crippen LogP contribution in [0.2, 0.25) is 0 Å². The number of hydrogen-bond donors (Lipinski definition) is 0. The van der Waals surface area contributed by atoms with E-state index in [1.165, 1.54) is 0 Å². The molecule has 0 aliphatic carbocycles. The van der Waals surface area contributed by atoms with Crippen LogP contribution >= 0.6 is 27.3 Å². The normalized spacial score (nSPS) is 10.5. The van der Waals surface area contributed by atoms with E-state index in [0.29, 0.717) is 0 Å². The Morgan fingerprint density at radius 3 is 2.45 bits per heavy atom. The molecule has 0 saturated heterocycles. The minimum Gasteiger partial charge on any atom is -0.496 e. The van der Waals surface area contributed by atoms with E-state index in [-0.39, 0.29) is 0 Å². The Hall–Kier alpha value is -1.85. The van der Waals surface area contributed by atoms with Gasteiger partial charge in [0.2, 0.25) is 0 Å². The molecule has 0 aliphatic heterocycles. The number of thiazole rings is 1. The Morgan fingerprint density at radius 2 is 1.68 bits per heavy atom. The molecule has 0 atom stereocenters. The number of aromatic nitrogens is 1. The predicted molar refractivity (Wildman–Crippen MR) is 93.8 cm³/mol. The molecule has 0 fully saturated rings. The quantitative estimate of drug-likeness (QED) is 0.623. The number of halogens is 1. The number of para-hydroxylation sites is 1. The first-order valence-electron chi connectivity index (χ1n) is 6.65. The van der Waals surface area contributed by atoms with E-state index in [0.717, 1.165) is 37.8 Å². The van der Waals surface area contributed by atoms with E-state index in [1.54, 1.807) is 25.6 Å². The minimum absolute atomic E-state index is 0.809. The third-order valence-electron chi connectivity index (χ3n) is 3.28. The molecule has 0 spiro atoms. The van der Waals surface area contributed by atoms with Crippen LogP contribution in [-0.4, -0.2) is 19.2 Å². The van der Waals surface area contributed by atoms with E-state index in [1.807, 2.05) is 47.8 Å². The smallest absolute Gasteiger partial charge is 0.129 e. The fourth-order valence-corrected chi connectivity index (χ4v) is 3.43. The van der Waals surface area contributed by atoms with Crippen LogP contribution in [0.15, 0.2) is 52.3 Å². The van der Waals surface area contributed by atoms with Crippen LogP contribution in [0.25, 0.3) is 21.8 Å². The standard InChI is InChI=1S/C17H14BrNO2S/c1-20-15-6-4-3-5-12(15)14-10-22-17(19-14)13-9-11(18)7-8-16(13)21-2/h3-10H,1-2H3. The molecule has 2 aromatic carbocycles. The molecule has 0 unspecified atom stereocenters. The zero-order chi connectivity index (χ0) is 15.5. The number of hydrogen-bond acceptors (Lipinski definition) is 4. The molecule has 112 valence electrons. The summed E-state index contributed by atoms with van der Waals surface area (Å²) in [6.07, 6.45) is 0. The van der Waals surface area contributed by atoms with Crippen molar-refractivity contribution in [2.45, 2.75) is 0 Å². The third-order valence-corrected chi connectivity index (χ3v) is 4.65. The maximum absolute atomic E-state index is 5.44. The number of benzene rings is 2. The lowest BCUT2D eigenvalue weighted by molar-refractivity contribution is 0.416. The molecule has 3 rings (SSSR count). The molecule has 1 heterocycles. The van der Waals surface area contributed by atoms with Crippen LogP contribution in [0.5, 0.6) is 11.5 Å². The molecule has 3 nitrogen and oxygen atoms in total. The Balaban J connectivity index is 2.06. The highest BCUT2D eigenvalue weighted by Gasteiger charge is 2.13. The summed E-state index contributed by atoms with van der Waals surface area (Å²) in [5.41, 5.74) is 2.86. The molecular formula is C17H14BrNO2S. The van der Waals surface area contributed by atoms with Gasteiger partial charge in [0.15, 0.2) is 0 Å². The van der Waals surface area contributed by atoms with Crippen LogP contribution in [-0.2, 0) is 0 Å². The van der Waals surface area contributed by atoms with E-state index in [9.17, 15) is 0 Å². The van der Waals surface area contributed by atoms with Crippen LogP contribution in [0.4, 0.5) is 0 Å². The molecule has 0 bridgehead atoms. The van der Waals surface area contributed by atoms with Gasteiger partial charge in [-0.15, -0.1) is 11.3 Å². The lowest BCUT2D eigenvalue weighted by Crippen LogP contribution is -1.89. The Bertz CT molecular complexity index is 801. The second-order valence-corrected chi connectivity index (χ2v) is 6.36. The van der Waals surface area contributed by atoms with Crippen molar-refractivity contribution in [2.24, 2.45) is 0 Å². The van der Waals surface area contributed by atoms with E-state index >= 15 is 0 Å². The van der Waals surface area contributed by atoms with Crippen LogP contribution in [0, 0.1) is 0 Å². The molecule has 3 aromatic rings. The largest absolute Gasteiger partial charge is 0.496 e. The predicted octanol–water partition coefficient (Wildman–Crippen LogP) is 5.26. The van der Waals surface area contributed by atoms with Gasteiger partial charge in [-0.3, -0.25) is 0 Å². The summed E-state index contributed by atoms with van der Waals surface area (Å²) in [5.74, 6) is 1.63. The average Bonchev–Trinajstić information content (AvgIpc) is 3.04. The summed E-state index contributed by atoms with van der Waals surface area (Å²) in [4.78, 5) is 4.75. The van der Waals surface area contributed by atoms with E-state index in [2.05, 4.69) is 15.9 Å². The molecule has 5 heteroatoms. The first-order valence-corrected chi connectivity index (χ1v) is 8.33. The number of ether oxygens (including phenoxy) is 2. The maximum Gasteiger partial charge on any atom is 0.129 e. The number of methoxy groups -OCH3 is 2. The zero-order valence-electron chi connectivity index (χ0n) is 12.2. The first-order chi connectivity index (χ1) is 10.7. The summed E-state index contributed by atoms with van der Waals surface area (Å²) in [6.45, 7) is 0. The van der Waals surface area contributed by atoms with Crippen molar-refractivity contribution in [1.29, 1.82) is 0 Å². The molecule has 0 N–H and O–H groups in total. The Labute approximate surface area is 141 Å². The number of nitrogens with zero attached hydrogens (tertiary/aromatic N) is 1. The first kappa shape index (κ1) is 15.1. The van der Waals surface area contributed by atoms with Crippen molar-refractivity contribution in [2.75, 3.05) is 14.2 Å². The summed E-state index contributed by atoms with van der Waals surface area (Å²) >= 11 is 5.09. The summed E-state index contributed by atoms with van der Waals surface area (Å²) in [7, 11) is 3.34. The maximum atomic E-state index is 5.44. The van der Waals surface area contributed by atoms with E-state index < -0.39 is 0 Å². The van der Waals surface area contributed by atoms with Gasteiger partial charge < -0.3 is 9.47 Å². The highest BCUT2D eigenvalue weighted by molar-refractivity contribution is 9.10. The van der Waals surface area contributed by atoms with Crippen molar-refractivity contribution < 1.29 is 9.47 Å². The Kier molecular flexibility index (Phi) is 4.45. The molecule has 1 aromatic heterocycles. The molecule has 0 radical (unpaired) electrons. The van der Waals surface area contributed by atoms with Crippen molar-refractivity contribution in [3.8, 4) is 33.3 Å². The SMILES string of the molecule is COc1ccccc1-c1csc(-c2cc(Br)ccc2OC)n1. The molecule has 0 saturated carbocycles. The number of rotatable bonds is 4.